The highest BCUT2D eigenvalue weighted by Gasteiger charge is 2.35. The van der Waals surface area contributed by atoms with Crippen molar-refractivity contribution in [3.63, 3.8) is 0 Å². The molecule has 0 bridgehead atoms. The van der Waals surface area contributed by atoms with Gasteiger partial charge in [-0.25, -0.2) is 0 Å². The Morgan fingerprint density at radius 1 is 1.14 bits per heavy atom. The third kappa shape index (κ3) is 2.96. The summed E-state index contributed by atoms with van der Waals surface area (Å²) >= 11 is 0. The van der Waals surface area contributed by atoms with Gasteiger partial charge in [0.25, 0.3) is 0 Å². The lowest BCUT2D eigenvalue weighted by Crippen LogP contribution is -3.13. The van der Waals surface area contributed by atoms with Gasteiger partial charge < -0.3 is 10.3 Å². The SMILES string of the molecule is CCCCCC1([NH+](C)[O-])CCCCC1. The molecular weight excluding hydrogens is 174 g/mol. The average molecular weight is 199 g/mol. The largest absolute Gasteiger partial charge is 0.634 e. The molecule has 0 saturated heterocycles. The Kier molecular flexibility index (Phi) is 4.90. The van der Waals surface area contributed by atoms with Crippen LogP contribution >= 0.6 is 0 Å². The highest BCUT2D eigenvalue weighted by Crippen LogP contribution is 2.29. The summed E-state index contributed by atoms with van der Waals surface area (Å²) in [6.07, 6.45) is 11.1. The standard InChI is InChI=1S/C12H25NO/c1-3-4-6-9-12(13(2)14)10-7-5-8-11-12/h13H,3-11H2,1-2H3. The number of rotatable bonds is 5. The molecule has 0 aliphatic heterocycles. The first-order chi connectivity index (χ1) is 6.71. The summed E-state index contributed by atoms with van der Waals surface area (Å²) in [4.78, 5) is 0. The van der Waals surface area contributed by atoms with Crippen molar-refractivity contribution in [3.05, 3.63) is 5.21 Å². The Hall–Kier alpha value is -0.0800. The highest BCUT2D eigenvalue weighted by molar-refractivity contribution is 4.82. The van der Waals surface area contributed by atoms with E-state index in [9.17, 15) is 5.21 Å². The van der Waals surface area contributed by atoms with Gasteiger partial charge in [0.15, 0.2) is 0 Å². The van der Waals surface area contributed by atoms with Crippen molar-refractivity contribution in [2.45, 2.75) is 70.3 Å². The molecule has 2 nitrogen and oxygen atoms in total. The van der Waals surface area contributed by atoms with Gasteiger partial charge in [-0.1, -0.05) is 26.2 Å². The molecule has 2 heteroatoms. The smallest absolute Gasteiger partial charge is 0.0971 e. The molecule has 1 fully saturated rings. The van der Waals surface area contributed by atoms with Crippen LogP contribution in [0.25, 0.3) is 0 Å². The zero-order chi connectivity index (χ0) is 10.4. The lowest BCUT2D eigenvalue weighted by Gasteiger charge is -2.44. The van der Waals surface area contributed by atoms with Gasteiger partial charge in [0, 0.05) is 19.3 Å². The molecule has 14 heavy (non-hydrogen) atoms. The van der Waals surface area contributed by atoms with E-state index in [1.165, 1.54) is 38.5 Å². The molecule has 1 rings (SSSR count). The molecule has 0 aromatic heterocycles. The van der Waals surface area contributed by atoms with Crippen LogP contribution in [0.1, 0.15) is 64.7 Å². The minimum Gasteiger partial charge on any atom is -0.634 e. The second-order valence-electron chi connectivity index (χ2n) is 4.85. The number of hydroxylamine groups is 2. The first-order valence-corrected chi connectivity index (χ1v) is 6.22. The maximum atomic E-state index is 11.7. The van der Waals surface area contributed by atoms with Gasteiger partial charge in [0.1, 0.15) is 0 Å². The molecule has 0 amide bonds. The Balaban J connectivity index is 2.43. The van der Waals surface area contributed by atoms with Crippen LogP contribution in [0.3, 0.4) is 0 Å². The van der Waals surface area contributed by atoms with E-state index in [0.717, 1.165) is 19.3 Å². The normalized spacial score (nSPS) is 23.4. The van der Waals surface area contributed by atoms with Crippen LogP contribution in [-0.4, -0.2) is 12.6 Å². The zero-order valence-electron chi connectivity index (χ0n) is 9.77. The molecule has 0 heterocycles. The van der Waals surface area contributed by atoms with Crippen molar-refractivity contribution in [1.29, 1.82) is 0 Å². The van der Waals surface area contributed by atoms with Crippen LogP contribution in [0, 0.1) is 5.21 Å². The van der Waals surface area contributed by atoms with E-state index in [-0.39, 0.29) is 5.54 Å². The Morgan fingerprint density at radius 2 is 1.79 bits per heavy atom. The van der Waals surface area contributed by atoms with E-state index >= 15 is 0 Å². The van der Waals surface area contributed by atoms with Crippen LogP contribution in [0.5, 0.6) is 0 Å². The van der Waals surface area contributed by atoms with Gasteiger partial charge in [-0.15, -0.1) is 0 Å². The Bertz CT molecular complexity index is 150. The minimum absolute atomic E-state index is 0.0907. The van der Waals surface area contributed by atoms with E-state index in [0.29, 0.717) is 5.06 Å². The molecular formula is C12H25NO. The summed E-state index contributed by atoms with van der Waals surface area (Å²) in [7, 11) is 1.80. The molecule has 0 spiro atoms. The molecule has 1 N–H and O–H groups in total. The first-order valence-electron chi connectivity index (χ1n) is 6.22. The third-order valence-electron chi connectivity index (χ3n) is 3.82. The molecule has 0 aromatic rings. The van der Waals surface area contributed by atoms with Crippen LogP contribution in [0.4, 0.5) is 0 Å². The van der Waals surface area contributed by atoms with Crippen LogP contribution in [-0.2, 0) is 0 Å². The first kappa shape index (κ1) is 12.0. The number of hydrogen-bond acceptors (Lipinski definition) is 1. The van der Waals surface area contributed by atoms with Gasteiger partial charge in [-0.3, -0.25) is 0 Å². The summed E-state index contributed by atoms with van der Waals surface area (Å²) in [5.41, 5.74) is 0.0907. The lowest BCUT2D eigenvalue weighted by molar-refractivity contribution is -0.888. The van der Waals surface area contributed by atoms with Crippen LogP contribution < -0.4 is 5.06 Å². The van der Waals surface area contributed by atoms with Gasteiger partial charge in [0.2, 0.25) is 0 Å². The number of hydrogen-bond donors (Lipinski definition) is 1. The van der Waals surface area contributed by atoms with E-state index in [1.807, 2.05) is 0 Å². The summed E-state index contributed by atoms with van der Waals surface area (Å²) in [5, 5.41) is 12.2. The second-order valence-corrected chi connectivity index (χ2v) is 4.85. The molecule has 1 saturated carbocycles. The lowest BCUT2D eigenvalue weighted by atomic mass is 9.78. The van der Waals surface area contributed by atoms with E-state index in [4.69, 9.17) is 0 Å². The summed E-state index contributed by atoms with van der Waals surface area (Å²) in [6.45, 7) is 2.22. The fourth-order valence-electron chi connectivity index (χ4n) is 2.72. The molecule has 1 atom stereocenters. The predicted octanol–water partition coefficient (Wildman–Crippen LogP) is 2.28. The number of nitrogens with one attached hydrogen (secondary N) is 1. The monoisotopic (exact) mass is 199 g/mol. The summed E-state index contributed by atoms with van der Waals surface area (Å²) in [6, 6.07) is 0. The van der Waals surface area contributed by atoms with Crippen LogP contribution in [0.15, 0.2) is 0 Å². The maximum absolute atomic E-state index is 11.7. The third-order valence-corrected chi connectivity index (χ3v) is 3.82. The number of quaternary nitrogens is 1. The topological polar surface area (TPSA) is 27.5 Å². The number of unbranched alkanes of at least 4 members (excludes halogenated alkanes) is 2. The quantitative estimate of drug-likeness (QED) is 0.534. The fraction of sp³-hybridized carbons (Fsp3) is 1.00. The molecule has 84 valence electrons. The fourth-order valence-corrected chi connectivity index (χ4v) is 2.72. The van der Waals surface area contributed by atoms with E-state index in [2.05, 4.69) is 6.92 Å². The molecule has 0 radical (unpaired) electrons. The van der Waals surface area contributed by atoms with Crippen molar-refractivity contribution in [2.24, 2.45) is 0 Å². The Labute approximate surface area is 88.3 Å². The minimum atomic E-state index is 0.0907. The molecule has 1 aliphatic rings. The second kappa shape index (κ2) is 5.72. The molecule has 1 unspecified atom stereocenters. The van der Waals surface area contributed by atoms with Crippen molar-refractivity contribution in [1.82, 2.24) is 0 Å². The van der Waals surface area contributed by atoms with Crippen molar-refractivity contribution < 1.29 is 5.06 Å². The van der Waals surface area contributed by atoms with Crippen molar-refractivity contribution >= 4 is 0 Å². The zero-order valence-corrected chi connectivity index (χ0v) is 9.77. The summed E-state index contributed by atoms with van der Waals surface area (Å²) in [5.74, 6) is 0. The highest BCUT2D eigenvalue weighted by atomic mass is 16.5. The van der Waals surface area contributed by atoms with E-state index in [1.54, 1.807) is 7.05 Å². The van der Waals surface area contributed by atoms with Crippen molar-refractivity contribution in [2.75, 3.05) is 7.05 Å². The van der Waals surface area contributed by atoms with Gasteiger partial charge in [-0.2, -0.15) is 0 Å². The van der Waals surface area contributed by atoms with Crippen LogP contribution in [0.2, 0.25) is 0 Å². The summed E-state index contributed by atoms with van der Waals surface area (Å²) < 4.78 is 0. The van der Waals surface area contributed by atoms with Gasteiger partial charge in [-0.05, 0) is 19.3 Å². The maximum Gasteiger partial charge on any atom is 0.0971 e. The Morgan fingerprint density at radius 3 is 2.29 bits per heavy atom. The molecule has 1 aliphatic carbocycles. The average Bonchev–Trinajstić information content (AvgIpc) is 2.19. The predicted molar refractivity (Wildman–Crippen MR) is 60.2 cm³/mol. The van der Waals surface area contributed by atoms with Gasteiger partial charge in [0.05, 0.1) is 12.6 Å². The van der Waals surface area contributed by atoms with Crippen molar-refractivity contribution in [3.8, 4) is 0 Å². The molecule has 0 aromatic carbocycles. The van der Waals surface area contributed by atoms with E-state index < -0.39 is 0 Å². The van der Waals surface area contributed by atoms with Gasteiger partial charge >= 0.3 is 0 Å².